The molecule has 2 heterocycles. The Morgan fingerprint density at radius 2 is 1.93 bits per heavy atom. The first-order valence-corrected chi connectivity index (χ1v) is 11.0. The zero-order valence-electron chi connectivity index (χ0n) is 16.8. The van der Waals surface area contributed by atoms with Crippen LogP contribution in [0.25, 0.3) is 16.7 Å². The molecule has 2 aromatic rings. The molecule has 1 amide bonds. The van der Waals surface area contributed by atoms with E-state index >= 15 is 0 Å². The van der Waals surface area contributed by atoms with Gasteiger partial charge in [0.1, 0.15) is 5.82 Å². The largest absolute Gasteiger partial charge is 0.369 e. The standard InChI is InChI=1S/C23H27ClN4O/c1-15-13-19-20(14-18(15)24)28(17-5-4-6-17)22(26-19)23(9-2-3-10-23)27-11-7-16(8-12-27)21(25)29/h4-6,13-14,16H,2-3,7-12H2,1H3,(H2,25,29). The van der Waals surface area contributed by atoms with Crippen LogP contribution in [-0.4, -0.2) is 33.4 Å². The lowest BCUT2D eigenvalue weighted by Gasteiger charge is -2.44. The number of nitrogens with two attached hydrogens (primary N) is 1. The van der Waals surface area contributed by atoms with Gasteiger partial charge in [-0.1, -0.05) is 30.5 Å². The molecule has 2 aliphatic carbocycles. The average molecular weight is 411 g/mol. The number of allylic oxidation sites excluding steroid dienone is 4. The molecule has 0 spiro atoms. The normalized spacial score (nSPS) is 22.1. The van der Waals surface area contributed by atoms with E-state index in [4.69, 9.17) is 22.3 Å². The summed E-state index contributed by atoms with van der Waals surface area (Å²) in [4.78, 5) is 19.4. The van der Waals surface area contributed by atoms with Crippen molar-refractivity contribution in [1.82, 2.24) is 14.5 Å². The molecule has 2 N–H and O–H groups in total. The second-order valence-electron chi connectivity index (χ2n) is 8.71. The van der Waals surface area contributed by atoms with E-state index in [1.165, 1.54) is 18.5 Å². The van der Waals surface area contributed by atoms with Gasteiger partial charge < -0.3 is 5.73 Å². The second kappa shape index (κ2) is 6.99. The van der Waals surface area contributed by atoms with Gasteiger partial charge in [0.15, 0.2) is 0 Å². The number of carbonyl (C=O) groups excluding carboxylic acids is 1. The monoisotopic (exact) mass is 410 g/mol. The smallest absolute Gasteiger partial charge is 0.220 e. The SMILES string of the molecule is Cc1cc2nc(C3(N4CCC(C(N)=O)CC4)CCCC3)n(C3=CC=C3)c2cc1Cl. The van der Waals surface area contributed by atoms with Crippen LogP contribution < -0.4 is 5.73 Å². The minimum Gasteiger partial charge on any atom is -0.369 e. The van der Waals surface area contributed by atoms with Crippen LogP contribution in [0.4, 0.5) is 0 Å². The Kier molecular flexibility index (Phi) is 4.56. The summed E-state index contributed by atoms with van der Waals surface area (Å²) in [6.45, 7) is 3.82. The molecule has 29 heavy (non-hydrogen) atoms. The first-order chi connectivity index (χ1) is 14.0. The molecule has 0 atom stereocenters. The Labute approximate surface area is 176 Å². The highest BCUT2D eigenvalue weighted by molar-refractivity contribution is 6.32. The van der Waals surface area contributed by atoms with Crippen LogP contribution in [0.3, 0.4) is 0 Å². The number of fused-ring (bicyclic) bond motifs is 1. The highest BCUT2D eigenvalue weighted by Gasteiger charge is 2.46. The Balaban J connectivity index is 1.63. The van der Waals surface area contributed by atoms with Crippen molar-refractivity contribution >= 4 is 34.2 Å². The van der Waals surface area contributed by atoms with E-state index in [1.54, 1.807) is 0 Å². The van der Waals surface area contributed by atoms with Crippen LogP contribution in [0, 0.1) is 12.8 Å². The lowest BCUT2D eigenvalue weighted by molar-refractivity contribution is -0.123. The topological polar surface area (TPSA) is 64.2 Å². The molecule has 1 aliphatic heterocycles. The number of carbonyl (C=O) groups is 1. The number of piperidine rings is 1. The number of hydrogen-bond donors (Lipinski definition) is 1. The van der Waals surface area contributed by atoms with Gasteiger partial charge >= 0.3 is 0 Å². The average Bonchev–Trinajstić information content (AvgIpc) is 3.28. The number of aryl methyl sites for hydroxylation is 1. The van der Waals surface area contributed by atoms with Gasteiger partial charge in [0.2, 0.25) is 5.91 Å². The lowest BCUT2D eigenvalue weighted by Crippen LogP contribution is -2.50. The quantitative estimate of drug-likeness (QED) is 0.813. The summed E-state index contributed by atoms with van der Waals surface area (Å²) in [5.41, 5.74) is 9.78. The Bertz CT molecular complexity index is 1040. The maximum atomic E-state index is 11.7. The maximum Gasteiger partial charge on any atom is 0.220 e. The van der Waals surface area contributed by atoms with Crippen LogP contribution in [0.2, 0.25) is 5.02 Å². The minimum atomic E-state index is -0.160. The van der Waals surface area contributed by atoms with Crippen molar-refractivity contribution < 1.29 is 4.79 Å². The molecule has 1 aromatic heterocycles. The fourth-order valence-corrected chi connectivity index (χ4v) is 5.50. The minimum absolute atomic E-state index is 0.00208. The number of aromatic nitrogens is 2. The molecule has 0 bridgehead atoms. The van der Waals surface area contributed by atoms with Gasteiger partial charge in [0.25, 0.3) is 0 Å². The summed E-state index contributed by atoms with van der Waals surface area (Å²) >= 11 is 6.49. The summed E-state index contributed by atoms with van der Waals surface area (Å²) < 4.78 is 2.31. The zero-order chi connectivity index (χ0) is 20.2. The number of halogens is 1. The summed E-state index contributed by atoms with van der Waals surface area (Å²) in [5.74, 6) is 0.967. The van der Waals surface area contributed by atoms with Gasteiger partial charge in [-0.2, -0.15) is 0 Å². The third-order valence-electron chi connectivity index (χ3n) is 7.08. The van der Waals surface area contributed by atoms with E-state index in [1.807, 2.05) is 6.92 Å². The predicted molar refractivity (Wildman–Crippen MR) is 117 cm³/mol. The Morgan fingerprint density at radius 3 is 2.52 bits per heavy atom. The van der Waals surface area contributed by atoms with E-state index in [9.17, 15) is 4.79 Å². The first kappa shape index (κ1) is 18.9. The molecule has 5 rings (SSSR count). The van der Waals surface area contributed by atoms with Gasteiger partial charge in [-0.25, -0.2) is 4.98 Å². The van der Waals surface area contributed by atoms with Gasteiger partial charge in [-0.3, -0.25) is 14.3 Å². The summed E-state index contributed by atoms with van der Waals surface area (Å²) in [6.07, 6.45) is 12.6. The van der Waals surface area contributed by atoms with Gasteiger partial charge in [-0.05, 0) is 75.5 Å². The number of nitrogens with zero attached hydrogens (tertiary/aromatic N) is 3. The number of rotatable bonds is 4. The van der Waals surface area contributed by atoms with E-state index < -0.39 is 0 Å². The Hall–Kier alpha value is -2.11. The van der Waals surface area contributed by atoms with E-state index in [0.717, 1.165) is 66.2 Å². The van der Waals surface area contributed by atoms with Crippen molar-refractivity contribution in [2.75, 3.05) is 13.1 Å². The molecule has 5 nitrogen and oxygen atoms in total. The van der Waals surface area contributed by atoms with E-state index in [2.05, 4.69) is 39.8 Å². The highest BCUT2D eigenvalue weighted by atomic mass is 35.5. The number of likely N-dealkylation sites (tertiary alicyclic amines) is 1. The fourth-order valence-electron chi connectivity index (χ4n) is 5.34. The molecular formula is C23H27ClN4O. The van der Waals surface area contributed by atoms with Crippen LogP contribution in [0.15, 0.2) is 30.4 Å². The van der Waals surface area contributed by atoms with Crippen LogP contribution in [-0.2, 0) is 10.3 Å². The third-order valence-corrected chi connectivity index (χ3v) is 7.48. The van der Waals surface area contributed by atoms with Crippen molar-refractivity contribution in [2.24, 2.45) is 11.7 Å². The summed E-state index contributed by atoms with van der Waals surface area (Å²) in [6, 6.07) is 4.15. The van der Waals surface area contributed by atoms with Gasteiger partial charge in [0, 0.05) is 16.6 Å². The number of hydrogen-bond acceptors (Lipinski definition) is 3. The second-order valence-corrected chi connectivity index (χ2v) is 9.12. The van der Waals surface area contributed by atoms with Gasteiger partial charge in [-0.15, -0.1) is 0 Å². The highest BCUT2D eigenvalue weighted by Crippen LogP contribution is 2.47. The van der Waals surface area contributed by atoms with Crippen molar-refractivity contribution in [3.05, 3.63) is 46.8 Å². The van der Waals surface area contributed by atoms with Crippen molar-refractivity contribution in [3.8, 4) is 0 Å². The molecule has 0 unspecified atom stereocenters. The predicted octanol–water partition coefficient (Wildman–Crippen LogP) is 4.38. The Morgan fingerprint density at radius 1 is 1.24 bits per heavy atom. The molecule has 3 aliphatic rings. The van der Waals surface area contributed by atoms with Crippen LogP contribution in [0.1, 0.15) is 49.9 Å². The van der Waals surface area contributed by atoms with Crippen molar-refractivity contribution in [3.63, 3.8) is 0 Å². The molecule has 6 heteroatoms. The number of benzene rings is 1. The molecule has 1 aromatic carbocycles. The van der Waals surface area contributed by atoms with Gasteiger partial charge in [0.05, 0.1) is 16.6 Å². The molecule has 1 saturated heterocycles. The van der Waals surface area contributed by atoms with Crippen LogP contribution >= 0.6 is 11.6 Å². The molecular weight excluding hydrogens is 384 g/mol. The number of imidazole rings is 1. The lowest BCUT2D eigenvalue weighted by atomic mass is 9.87. The first-order valence-electron chi connectivity index (χ1n) is 10.6. The van der Waals surface area contributed by atoms with E-state index in [0.29, 0.717) is 0 Å². The number of primary amides is 1. The fraction of sp³-hybridized carbons (Fsp3) is 0.478. The third kappa shape index (κ3) is 2.94. The van der Waals surface area contributed by atoms with Crippen molar-refractivity contribution in [1.29, 1.82) is 0 Å². The van der Waals surface area contributed by atoms with Crippen LogP contribution in [0.5, 0.6) is 0 Å². The van der Waals surface area contributed by atoms with Crippen molar-refractivity contribution in [2.45, 2.75) is 51.0 Å². The van der Waals surface area contributed by atoms with E-state index in [-0.39, 0.29) is 17.4 Å². The molecule has 0 radical (unpaired) electrons. The number of amides is 1. The molecule has 1 saturated carbocycles. The summed E-state index contributed by atoms with van der Waals surface area (Å²) in [7, 11) is 0. The molecule has 2 fully saturated rings. The summed E-state index contributed by atoms with van der Waals surface area (Å²) in [5, 5.41) is 0.775. The zero-order valence-corrected chi connectivity index (χ0v) is 17.6. The molecule has 152 valence electrons. The maximum absolute atomic E-state index is 11.7.